The van der Waals surface area contributed by atoms with E-state index in [1.807, 2.05) is 0 Å². The minimum atomic E-state index is -1.01. The van der Waals surface area contributed by atoms with E-state index >= 15 is 0 Å². The smallest absolute Gasteiger partial charge is 0.320 e. The van der Waals surface area contributed by atoms with Crippen LogP contribution in [0.3, 0.4) is 0 Å². The van der Waals surface area contributed by atoms with Crippen LogP contribution in [0.2, 0.25) is 0 Å². The topological polar surface area (TPSA) is 122 Å². The van der Waals surface area contributed by atoms with Crippen LogP contribution >= 0.6 is 0 Å². The van der Waals surface area contributed by atoms with Crippen molar-refractivity contribution >= 4 is 17.8 Å². The molecule has 1 rings (SSSR count). The van der Waals surface area contributed by atoms with Gasteiger partial charge in [0.15, 0.2) is 0 Å². The first kappa shape index (κ1) is 14.4. The summed E-state index contributed by atoms with van der Waals surface area (Å²) in [5, 5.41) is 13.8. The Labute approximate surface area is 105 Å². The number of aliphatic carboxylic acids is 1. The highest BCUT2D eigenvalue weighted by molar-refractivity contribution is 5.90. The van der Waals surface area contributed by atoms with Gasteiger partial charge in [-0.1, -0.05) is 0 Å². The van der Waals surface area contributed by atoms with Crippen LogP contribution in [0.5, 0.6) is 0 Å². The Morgan fingerprint density at radius 3 is 2.78 bits per heavy atom. The van der Waals surface area contributed by atoms with E-state index < -0.39 is 18.1 Å². The fourth-order valence-electron chi connectivity index (χ4n) is 1.76. The highest BCUT2D eigenvalue weighted by Gasteiger charge is 2.26. The summed E-state index contributed by atoms with van der Waals surface area (Å²) >= 11 is 0. The summed E-state index contributed by atoms with van der Waals surface area (Å²) in [7, 11) is 0. The van der Waals surface area contributed by atoms with E-state index in [4.69, 9.17) is 10.8 Å². The van der Waals surface area contributed by atoms with Crippen LogP contribution in [0.4, 0.5) is 0 Å². The molecule has 0 aromatic rings. The second-order valence-electron chi connectivity index (χ2n) is 4.39. The van der Waals surface area contributed by atoms with Crippen LogP contribution in [0.25, 0.3) is 0 Å². The quantitative estimate of drug-likeness (QED) is 0.434. The summed E-state index contributed by atoms with van der Waals surface area (Å²) in [5.41, 5.74) is 5.34. The molecule has 1 aliphatic rings. The maximum atomic E-state index is 11.6. The van der Waals surface area contributed by atoms with E-state index in [2.05, 4.69) is 10.6 Å². The number of nitrogens with two attached hydrogens (primary N) is 1. The number of carboxylic acids is 1. The van der Waals surface area contributed by atoms with Crippen LogP contribution < -0.4 is 16.4 Å². The summed E-state index contributed by atoms with van der Waals surface area (Å²) in [4.78, 5) is 32.9. The molecule has 2 amide bonds. The molecule has 1 fully saturated rings. The predicted molar refractivity (Wildman–Crippen MR) is 63.6 cm³/mol. The molecule has 0 spiro atoms. The van der Waals surface area contributed by atoms with E-state index in [-0.39, 0.29) is 11.8 Å². The molecule has 0 aromatic carbocycles. The molecular formula is C11H19N3O4. The zero-order valence-corrected chi connectivity index (χ0v) is 10.1. The van der Waals surface area contributed by atoms with E-state index in [0.29, 0.717) is 38.6 Å². The first-order valence-corrected chi connectivity index (χ1v) is 6.06. The minimum absolute atomic E-state index is 0.0948. The second kappa shape index (κ2) is 6.95. The number of unbranched alkanes of at least 4 members (excludes halogenated alkanes) is 1. The summed E-state index contributed by atoms with van der Waals surface area (Å²) < 4.78 is 0. The Morgan fingerprint density at radius 1 is 1.50 bits per heavy atom. The summed E-state index contributed by atoms with van der Waals surface area (Å²) in [5.74, 6) is -1.28. The Balaban J connectivity index is 2.06. The molecule has 2 atom stereocenters. The molecule has 0 radical (unpaired) electrons. The number of nitrogens with one attached hydrogen (secondary N) is 2. The van der Waals surface area contributed by atoms with Gasteiger partial charge >= 0.3 is 5.97 Å². The monoisotopic (exact) mass is 257 g/mol. The van der Waals surface area contributed by atoms with Crippen molar-refractivity contribution in [1.29, 1.82) is 0 Å². The third kappa shape index (κ3) is 4.70. The van der Waals surface area contributed by atoms with Crippen LogP contribution in [0.15, 0.2) is 0 Å². The van der Waals surface area contributed by atoms with Gasteiger partial charge in [-0.15, -0.1) is 0 Å². The number of carbonyl (C=O) groups is 3. The SMILES string of the molecule is NC(CCCCNC(=O)C1CCC(=O)N1)C(=O)O. The highest BCUT2D eigenvalue weighted by atomic mass is 16.4. The first-order chi connectivity index (χ1) is 8.50. The Morgan fingerprint density at radius 2 is 2.22 bits per heavy atom. The molecule has 1 saturated heterocycles. The largest absolute Gasteiger partial charge is 0.480 e. The van der Waals surface area contributed by atoms with Crippen molar-refractivity contribution < 1.29 is 19.5 Å². The number of hydrogen-bond acceptors (Lipinski definition) is 4. The fourth-order valence-corrected chi connectivity index (χ4v) is 1.76. The molecule has 0 bridgehead atoms. The van der Waals surface area contributed by atoms with Crippen molar-refractivity contribution in [3.8, 4) is 0 Å². The third-order valence-corrected chi connectivity index (χ3v) is 2.87. The van der Waals surface area contributed by atoms with Crippen LogP contribution in [0, 0.1) is 0 Å². The molecule has 102 valence electrons. The van der Waals surface area contributed by atoms with Gasteiger partial charge in [0.2, 0.25) is 11.8 Å². The summed E-state index contributed by atoms with van der Waals surface area (Å²) in [6.45, 7) is 0.470. The van der Waals surface area contributed by atoms with Crippen molar-refractivity contribution in [2.75, 3.05) is 6.54 Å². The molecule has 1 heterocycles. The molecule has 1 aliphatic heterocycles. The van der Waals surface area contributed by atoms with Crippen molar-refractivity contribution in [2.24, 2.45) is 5.73 Å². The molecule has 7 heteroatoms. The fraction of sp³-hybridized carbons (Fsp3) is 0.727. The predicted octanol–water partition coefficient (Wildman–Crippen LogP) is -1.04. The molecule has 0 aliphatic carbocycles. The number of hydrogen-bond donors (Lipinski definition) is 4. The average molecular weight is 257 g/mol. The Kier molecular flexibility index (Phi) is 5.57. The number of carbonyl (C=O) groups excluding carboxylic acids is 2. The van der Waals surface area contributed by atoms with Gasteiger partial charge in [0.25, 0.3) is 0 Å². The lowest BCUT2D eigenvalue weighted by atomic mass is 10.1. The Bertz CT molecular complexity index is 332. The molecular weight excluding hydrogens is 238 g/mol. The lowest BCUT2D eigenvalue weighted by Crippen LogP contribution is -2.41. The maximum absolute atomic E-state index is 11.6. The number of carboxylic acid groups (broad SMARTS) is 1. The van der Waals surface area contributed by atoms with E-state index in [0.717, 1.165) is 0 Å². The minimum Gasteiger partial charge on any atom is -0.480 e. The van der Waals surface area contributed by atoms with Crippen molar-refractivity contribution in [3.63, 3.8) is 0 Å². The zero-order valence-electron chi connectivity index (χ0n) is 10.1. The van der Waals surface area contributed by atoms with Gasteiger partial charge in [0, 0.05) is 13.0 Å². The second-order valence-corrected chi connectivity index (χ2v) is 4.39. The van der Waals surface area contributed by atoms with Crippen molar-refractivity contribution in [1.82, 2.24) is 10.6 Å². The molecule has 5 N–H and O–H groups in total. The summed E-state index contributed by atoms with van der Waals surface area (Å²) in [6.07, 6.45) is 2.64. The molecule has 18 heavy (non-hydrogen) atoms. The average Bonchev–Trinajstić information content (AvgIpc) is 2.74. The molecule has 7 nitrogen and oxygen atoms in total. The van der Waals surface area contributed by atoms with Gasteiger partial charge in [0.1, 0.15) is 12.1 Å². The van der Waals surface area contributed by atoms with Crippen LogP contribution in [-0.4, -0.2) is 41.5 Å². The van der Waals surface area contributed by atoms with Crippen LogP contribution in [0.1, 0.15) is 32.1 Å². The van der Waals surface area contributed by atoms with Crippen molar-refractivity contribution in [3.05, 3.63) is 0 Å². The number of rotatable bonds is 7. The van der Waals surface area contributed by atoms with Crippen molar-refractivity contribution in [2.45, 2.75) is 44.2 Å². The Hall–Kier alpha value is -1.63. The normalized spacial score (nSPS) is 20.3. The highest BCUT2D eigenvalue weighted by Crippen LogP contribution is 2.06. The third-order valence-electron chi connectivity index (χ3n) is 2.87. The van der Waals surface area contributed by atoms with Gasteiger partial charge in [-0.3, -0.25) is 14.4 Å². The lowest BCUT2D eigenvalue weighted by Gasteiger charge is -2.11. The van der Waals surface area contributed by atoms with Crippen LogP contribution in [-0.2, 0) is 14.4 Å². The first-order valence-electron chi connectivity index (χ1n) is 6.06. The van der Waals surface area contributed by atoms with Gasteiger partial charge in [-0.25, -0.2) is 0 Å². The van der Waals surface area contributed by atoms with Gasteiger partial charge in [-0.2, -0.15) is 0 Å². The van der Waals surface area contributed by atoms with E-state index in [1.54, 1.807) is 0 Å². The summed E-state index contributed by atoms with van der Waals surface area (Å²) in [6, 6.07) is -1.26. The molecule has 0 saturated carbocycles. The van der Waals surface area contributed by atoms with Gasteiger partial charge < -0.3 is 21.5 Å². The van der Waals surface area contributed by atoms with Gasteiger partial charge in [-0.05, 0) is 25.7 Å². The number of amides is 2. The lowest BCUT2D eigenvalue weighted by molar-refractivity contribution is -0.138. The van der Waals surface area contributed by atoms with E-state index in [9.17, 15) is 14.4 Å². The zero-order chi connectivity index (χ0) is 13.5. The molecule has 0 aromatic heterocycles. The molecule has 2 unspecified atom stereocenters. The van der Waals surface area contributed by atoms with Gasteiger partial charge in [0.05, 0.1) is 0 Å². The van der Waals surface area contributed by atoms with E-state index in [1.165, 1.54) is 0 Å². The standard InChI is InChI=1S/C11H19N3O4/c12-7(11(17)18)3-1-2-6-13-10(16)8-4-5-9(15)14-8/h7-8H,1-6,12H2,(H,13,16)(H,14,15)(H,17,18). The maximum Gasteiger partial charge on any atom is 0.320 e.